The first-order valence-corrected chi connectivity index (χ1v) is 5.84. The van der Waals surface area contributed by atoms with Crippen LogP contribution in [0.25, 0.3) is 0 Å². The zero-order valence-electron chi connectivity index (χ0n) is 10.2. The van der Waals surface area contributed by atoms with Gasteiger partial charge < -0.3 is 0 Å². The summed E-state index contributed by atoms with van der Waals surface area (Å²) in [7, 11) is 0. The lowest BCUT2D eigenvalue weighted by Crippen LogP contribution is -2.19. The van der Waals surface area contributed by atoms with E-state index in [4.69, 9.17) is 11.6 Å². The Morgan fingerprint density at radius 3 is 2.65 bits per heavy atom. The maximum absolute atomic E-state index is 6.07. The van der Waals surface area contributed by atoms with Crippen molar-refractivity contribution in [2.45, 2.75) is 32.7 Å². The minimum Gasteiger partial charge on any atom is -0.297 e. The second kappa shape index (κ2) is 4.45. The molecule has 5 heteroatoms. The Labute approximate surface area is 106 Å². The third kappa shape index (κ3) is 2.64. The van der Waals surface area contributed by atoms with Gasteiger partial charge in [-0.3, -0.25) is 9.55 Å². The summed E-state index contributed by atoms with van der Waals surface area (Å²) >= 11 is 6.07. The molecule has 0 saturated carbocycles. The van der Waals surface area contributed by atoms with Crippen LogP contribution >= 0.6 is 11.6 Å². The highest BCUT2D eigenvalue weighted by Gasteiger charge is 2.23. The molecule has 17 heavy (non-hydrogen) atoms. The quantitative estimate of drug-likeness (QED) is 0.823. The molecule has 0 amide bonds. The van der Waals surface area contributed by atoms with Gasteiger partial charge in [-0.25, -0.2) is 0 Å². The van der Waals surface area contributed by atoms with Gasteiger partial charge in [-0.05, 0) is 23.2 Å². The summed E-state index contributed by atoms with van der Waals surface area (Å²) in [5.74, 6) is 0.881. The van der Waals surface area contributed by atoms with Gasteiger partial charge in [0.15, 0.2) is 0 Å². The largest absolute Gasteiger partial charge is 0.297 e. The van der Waals surface area contributed by atoms with Crippen molar-refractivity contribution in [1.82, 2.24) is 19.7 Å². The molecular formula is C12H15ClN4. The van der Waals surface area contributed by atoms with Crippen molar-refractivity contribution in [1.29, 1.82) is 0 Å². The van der Waals surface area contributed by atoms with Crippen molar-refractivity contribution in [3.63, 3.8) is 0 Å². The number of rotatable bonds is 2. The van der Waals surface area contributed by atoms with Crippen LogP contribution in [0.5, 0.6) is 0 Å². The SMILES string of the molecule is CC(C)(C)c1nnc(Cl)n1Cc1cccnc1. The maximum Gasteiger partial charge on any atom is 0.225 e. The molecule has 0 saturated heterocycles. The molecule has 0 aliphatic rings. The molecule has 0 radical (unpaired) electrons. The van der Waals surface area contributed by atoms with E-state index in [1.54, 1.807) is 6.20 Å². The first kappa shape index (κ1) is 12.0. The van der Waals surface area contributed by atoms with Crippen molar-refractivity contribution < 1.29 is 0 Å². The Kier molecular flexibility index (Phi) is 3.15. The van der Waals surface area contributed by atoms with E-state index in [2.05, 4.69) is 36.0 Å². The number of pyridine rings is 1. The summed E-state index contributed by atoms with van der Waals surface area (Å²) in [5, 5.41) is 8.50. The first-order valence-electron chi connectivity index (χ1n) is 5.46. The molecule has 2 aromatic heterocycles. The third-order valence-electron chi connectivity index (χ3n) is 2.44. The van der Waals surface area contributed by atoms with Gasteiger partial charge in [0, 0.05) is 17.8 Å². The summed E-state index contributed by atoms with van der Waals surface area (Å²) in [6.45, 7) is 6.92. The molecule has 90 valence electrons. The average molecular weight is 251 g/mol. The molecule has 0 N–H and O–H groups in total. The topological polar surface area (TPSA) is 43.6 Å². The molecular weight excluding hydrogens is 236 g/mol. The summed E-state index contributed by atoms with van der Waals surface area (Å²) in [6, 6.07) is 3.92. The Balaban J connectivity index is 2.36. The Morgan fingerprint density at radius 2 is 2.06 bits per heavy atom. The summed E-state index contributed by atoms with van der Waals surface area (Å²) in [5.41, 5.74) is 1.00. The van der Waals surface area contributed by atoms with E-state index in [0.29, 0.717) is 11.8 Å². The Hall–Kier alpha value is -1.42. The molecule has 0 atom stereocenters. The number of aromatic nitrogens is 4. The first-order chi connectivity index (χ1) is 7.98. The fourth-order valence-corrected chi connectivity index (χ4v) is 1.83. The molecule has 0 fully saturated rings. The lowest BCUT2D eigenvalue weighted by atomic mass is 9.95. The summed E-state index contributed by atoms with van der Waals surface area (Å²) < 4.78 is 1.92. The van der Waals surface area contributed by atoms with E-state index < -0.39 is 0 Å². The van der Waals surface area contributed by atoms with Crippen LogP contribution < -0.4 is 0 Å². The third-order valence-corrected chi connectivity index (χ3v) is 2.72. The smallest absolute Gasteiger partial charge is 0.225 e. The molecule has 4 nitrogen and oxygen atoms in total. The molecule has 0 unspecified atom stereocenters. The normalized spacial score (nSPS) is 11.8. The monoisotopic (exact) mass is 250 g/mol. The van der Waals surface area contributed by atoms with Crippen LogP contribution in [-0.2, 0) is 12.0 Å². The highest BCUT2D eigenvalue weighted by Crippen LogP contribution is 2.23. The molecule has 0 aromatic carbocycles. The van der Waals surface area contributed by atoms with Crippen LogP contribution in [0, 0.1) is 0 Å². The van der Waals surface area contributed by atoms with E-state index >= 15 is 0 Å². The number of nitrogens with zero attached hydrogens (tertiary/aromatic N) is 4. The number of hydrogen-bond acceptors (Lipinski definition) is 3. The van der Waals surface area contributed by atoms with Crippen LogP contribution in [0.4, 0.5) is 0 Å². The van der Waals surface area contributed by atoms with Crippen molar-refractivity contribution in [2.75, 3.05) is 0 Å². The van der Waals surface area contributed by atoms with Gasteiger partial charge >= 0.3 is 0 Å². The molecule has 0 spiro atoms. The van der Waals surface area contributed by atoms with E-state index in [-0.39, 0.29) is 5.41 Å². The highest BCUT2D eigenvalue weighted by atomic mass is 35.5. The van der Waals surface area contributed by atoms with E-state index in [1.165, 1.54) is 0 Å². The van der Waals surface area contributed by atoms with Gasteiger partial charge in [-0.15, -0.1) is 10.2 Å². The second-order valence-electron chi connectivity index (χ2n) is 4.99. The summed E-state index contributed by atoms with van der Waals surface area (Å²) in [6.07, 6.45) is 3.57. The average Bonchev–Trinajstić information content (AvgIpc) is 2.62. The Bertz CT molecular complexity index is 499. The number of halogens is 1. The van der Waals surface area contributed by atoms with E-state index in [9.17, 15) is 0 Å². The summed E-state index contributed by atoms with van der Waals surface area (Å²) in [4.78, 5) is 4.09. The predicted octanol–water partition coefficient (Wildman–Crippen LogP) is 2.67. The van der Waals surface area contributed by atoms with Crippen LogP contribution in [0.15, 0.2) is 24.5 Å². The fraction of sp³-hybridized carbons (Fsp3) is 0.417. The van der Waals surface area contributed by atoms with E-state index in [0.717, 1.165) is 11.4 Å². The molecule has 0 aliphatic heterocycles. The zero-order chi connectivity index (χ0) is 12.5. The molecule has 0 aliphatic carbocycles. The fourth-order valence-electron chi connectivity index (χ4n) is 1.65. The van der Waals surface area contributed by atoms with Gasteiger partial charge in [-0.2, -0.15) is 0 Å². The molecule has 0 bridgehead atoms. The molecule has 2 aromatic rings. The van der Waals surface area contributed by atoms with Gasteiger partial charge in [0.05, 0.1) is 6.54 Å². The minimum absolute atomic E-state index is 0.0810. The van der Waals surface area contributed by atoms with Crippen molar-refractivity contribution in [3.05, 3.63) is 41.2 Å². The van der Waals surface area contributed by atoms with Gasteiger partial charge in [-0.1, -0.05) is 26.8 Å². The van der Waals surface area contributed by atoms with Crippen molar-refractivity contribution in [2.24, 2.45) is 0 Å². The minimum atomic E-state index is -0.0810. The van der Waals surface area contributed by atoms with Gasteiger partial charge in [0.1, 0.15) is 5.82 Å². The van der Waals surface area contributed by atoms with E-state index in [1.807, 2.05) is 22.9 Å². The van der Waals surface area contributed by atoms with Crippen LogP contribution in [0.1, 0.15) is 32.2 Å². The second-order valence-corrected chi connectivity index (χ2v) is 5.33. The maximum atomic E-state index is 6.07. The Morgan fingerprint density at radius 1 is 1.29 bits per heavy atom. The molecule has 2 heterocycles. The van der Waals surface area contributed by atoms with Gasteiger partial charge in [0.25, 0.3) is 0 Å². The zero-order valence-corrected chi connectivity index (χ0v) is 10.9. The molecule has 2 rings (SSSR count). The highest BCUT2D eigenvalue weighted by molar-refractivity contribution is 6.28. The lowest BCUT2D eigenvalue weighted by molar-refractivity contribution is 0.509. The van der Waals surface area contributed by atoms with Gasteiger partial charge in [0.2, 0.25) is 5.28 Å². The van der Waals surface area contributed by atoms with Crippen molar-refractivity contribution >= 4 is 11.6 Å². The van der Waals surface area contributed by atoms with Crippen LogP contribution in [0.2, 0.25) is 5.28 Å². The van der Waals surface area contributed by atoms with Crippen molar-refractivity contribution in [3.8, 4) is 0 Å². The lowest BCUT2D eigenvalue weighted by Gasteiger charge is -2.18. The number of hydrogen-bond donors (Lipinski definition) is 0. The standard InChI is InChI=1S/C12H15ClN4/c1-12(2,3)10-15-16-11(13)17(10)8-9-5-4-6-14-7-9/h4-7H,8H2,1-3H3. The predicted molar refractivity (Wildman–Crippen MR) is 67.1 cm³/mol. The van der Waals surface area contributed by atoms with Crippen LogP contribution in [0.3, 0.4) is 0 Å². The van der Waals surface area contributed by atoms with Crippen LogP contribution in [-0.4, -0.2) is 19.7 Å².